The van der Waals surface area contributed by atoms with Crippen LogP contribution in [-0.4, -0.2) is 20.1 Å². The fraction of sp³-hybridized carbons (Fsp3) is 0.263. The zero-order chi connectivity index (χ0) is 17.6. The topological polar surface area (TPSA) is 69.6 Å². The predicted octanol–water partition coefficient (Wildman–Crippen LogP) is 2.57. The van der Waals surface area contributed by atoms with Gasteiger partial charge in [0.05, 0.1) is 16.7 Å². The molecule has 1 unspecified atom stereocenters. The average molecular weight is 356 g/mol. The molecule has 0 saturated carbocycles. The number of aliphatic hydroxyl groups is 1. The predicted molar refractivity (Wildman–Crippen MR) is 97.6 cm³/mol. The van der Waals surface area contributed by atoms with Gasteiger partial charge >= 0.3 is 0 Å². The van der Waals surface area contributed by atoms with E-state index in [4.69, 9.17) is 0 Å². The molecule has 0 bridgehead atoms. The number of aliphatic hydroxyl groups excluding tert-OH is 1. The van der Waals surface area contributed by atoms with E-state index in [1.54, 1.807) is 31.3 Å². The highest BCUT2D eigenvalue weighted by molar-refractivity contribution is 7.93. The summed E-state index contributed by atoms with van der Waals surface area (Å²) in [4.78, 5) is 0.332. The quantitative estimate of drug-likeness (QED) is 0.887. The summed E-state index contributed by atoms with van der Waals surface area (Å²) in [7, 11) is -3.66. The maximum atomic E-state index is 13.4. The Bertz CT molecular complexity index is 965. The monoisotopic (exact) mass is 356 g/mol. The lowest BCUT2D eigenvalue weighted by Crippen LogP contribution is -2.30. The van der Waals surface area contributed by atoms with Crippen molar-refractivity contribution < 1.29 is 13.5 Å². The smallest absolute Gasteiger partial charge is 0.264 e. The molecule has 0 radical (unpaired) electrons. The molecule has 2 aromatic carbocycles. The highest BCUT2D eigenvalue weighted by Crippen LogP contribution is 2.38. The molecule has 0 aromatic heterocycles. The van der Waals surface area contributed by atoms with E-state index < -0.39 is 16.1 Å². The summed E-state index contributed by atoms with van der Waals surface area (Å²) >= 11 is 0. The molecule has 0 spiro atoms. The lowest BCUT2D eigenvalue weighted by atomic mass is 10.0. The summed E-state index contributed by atoms with van der Waals surface area (Å²) in [5.41, 5.74) is 4.12. The van der Waals surface area contributed by atoms with Gasteiger partial charge in [0, 0.05) is 18.7 Å². The third-order valence-electron chi connectivity index (χ3n) is 4.86. The van der Waals surface area contributed by atoms with Crippen molar-refractivity contribution in [3.8, 4) is 0 Å². The molecule has 2 aliphatic heterocycles. The van der Waals surface area contributed by atoms with Gasteiger partial charge in [0.2, 0.25) is 0 Å². The first-order valence-corrected chi connectivity index (χ1v) is 9.78. The third kappa shape index (κ3) is 2.53. The minimum atomic E-state index is -3.66. The molecule has 4 rings (SSSR count). The van der Waals surface area contributed by atoms with Crippen LogP contribution in [0.2, 0.25) is 0 Å². The van der Waals surface area contributed by atoms with E-state index in [0.29, 0.717) is 30.1 Å². The summed E-state index contributed by atoms with van der Waals surface area (Å²) in [6.07, 6.45) is 3.60. The molecular weight excluding hydrogens is 336 g/mol. The Morgan fingerprint density at radius 2 is 2.00 bits per heavy atom. The molecule has 0 fully saturated rings. The number of fused-ring (bicyclic) bond motifs is 2. The van der Waals surface area contributed by atoms with Gasteiger partial charge in [-0.05, 0) is 54.4 Å². The Labute approximate surface area is 147 Å². The molecule has 0 saturated heterocycles. The van der Waals surface area contributed by atoms with Gasteiger partial charge in [-0.1, -0.05) is 24.3 Å². The fourth-order valence-electron chi connectivity index (χ4n) is 3.66. The lowest BCUT2D eigenvalue weighted by Gasteiger charge is -2.23. The van der Waals surface area contributed by atoms with E-state index in [0.717, 1.165) is 22.3 Å². The number of nitrogens with zero attached hydrogens (tertiary/aromatic N) is 1. The second-order valence-corrected chi connectivity index (χ2v) is 8.22. The first-order valence-electron chi connectivity index (χ1n) is 8.34. The van der Waals surface area contributed by atoms with Gasteiger partial charge in [0.15, 0.2) is 0 Å². The standard InChI is InChI=1S/C19H20N2O3S/c1-13(22)15-5-3-6-18-17(15)9-11-21(18)25(23,24)19-7-2-4-14-12-20-10-8-16(14)19/h2-8,10,13,20,22H,9,11-12H2,1H3. The van der Waals surface area contributed by atoms with Crippen LogP contribution in [0.3, 0.4) is 0 Å². The van der Waals surface area contributed by atoms with Crippen molar-refractivity contribution in [1.82, 2.24) is 5.32 Å². The molecule has 25 heavy (non-hydrogen) atoms. The van der Waals surface area contributed by atoms with E-state index in [1.807, 2.05) is 24.3 Å². The minimum Gasteiger partial charge on any atom is -0.389 e. The van der Waals surface area contributed by atoms with Gasteiger partial charge in [-0.2, -0.15) is 0 Å². The van der Waals surface area contributed by atoms with Crippen molar-refractivity contribution in [3.63, 3.8) is 0 Å². The molecule has 130 valence electrons. The first kappa shape index (κ1) is 16.2. The van der Waals surface area contributed by atoms with E-state index in [2.05, 4.69) is 5.32 Å². The van der Waals surface area contributed by atoms with Gasteiger partial charge in [0.25, 0.3) is 10.0 Å². The molecule has 2 aliphatic rings. The van der Waals surface area contributed by atoms with Crippen LogP contribution >= 0.6 is 0 Å². The lowest BCUT2D eigenvalue weighted by molar-refractivity contribution is 0.198. The molecule has 5 nitrogen and oxygen atoms in total. The van der Waals surface area contributed by atoms with Crippen LogP contribution in [0.25, 0.3) is 6.08 Å². The summed E-state index contributed by atoms with van der Waals surface area (Å²) in [6, 6.07) is 10.9. The maximum Gasteiger partial charge on any atom is 0.264 e. The van der Waals surface area contributed by atoms with Crippen molar-refractivity contribution in [2.45, 2.75) is 30.9 Å². The molecule has 2 aromatic rings. The summed E-state index contributed by atoms with van der Waals surface area (Å²) in [5, 5.41) is 13.1. The Morgan fingerprint density at radius 1 is 1.20 bits per heavy atom. The van der Waals surface area contributed by atoms with Crippen molar-refractivity contribution in [2.75, 3.05) is 10.8 Å². The van der Waals surface area contributed by atoms with Gasteiger partial charge < -0.3 is 10.4 Å². The van der Waals surface area contributed by atoms with Crippen LogP contribution in [0, 0.1) is 0 Å². The van der Waals surface area contributed by atoms with Gasteiger partial charge in [-0.15, -0.1) is 0 Å². The van der Waals surface area contributed by atoms with Crippen LogP contribution in [0.5, 0.6) is 0 Å². The number of benzene rings is 2. The zero-order valence-electron chi connectivity index (χ0n) is 13.9. The SMILES string of the molecule is CC(O)c1cccc2c1CCN2S(=O)(=O)c1cccc2c1C=CNC2. The first-order chi connectivity index (χ1) is 12.0. The molecule has 6 heteroatoms. The second kappa shape index (κ2) is 5.89. The summed E-state index contributed by atoms with van der Waals surface area (Å²) in [6.45, 7) is 2.73. The zero-order valence-corrected chi connectivity index (χ0v) is 14.8. The Hall–Kier alpha value is -2.31. The number of sulfonamides is 1. The molecule has 0 aliphatic carbocycles. The number of hydrogen-bond acceptors (Lipinski definition) is 4. The number of rotatable bonds is 3. The molecular formula is C19H20N2O3S. The van der Waals surface area contributed by atoms with Gasteiger partial charge in [0.1, 0.15) is 0 Å². The van der Waals surface area contributed by atoms with Gasteiger partial charge in [-0.3, -0.25) is 4.31 Å². The van der Waals surface area contributed by atoms with Crippen molar-refractivity contribution >= 4 is 21.8 Å². The largest absolute Gasteiger partial charge is 0.389 e. The fourth-order valence-corrected chi connectivity index (χ4v) is 5.39. The normalized spacial score (nSPS) is 17.0. The van der Waals surface area contributed by atoms with Crippen LogP contribution in [0.4, 0.5) is 5.69 Å². The molecule has 2 N–H and O–H groups in total. The summed E-state index contributed by atoms with van der Waals surface area (Å²) in [5.74, 6) is 0. The van der Waals surface area contributed by atoms with Crippen LogP contribution in [0.1, 0.15) is 35.3 Å². The Balaban J connectivity index is 1.83. The number of anilines is 1. The van der Waals surface area contributed by atoms with Crippen LogP contribution in [0.15, 0.2) is 47.5 Å². The molecule has 0 amide bonds. The Kier molecular flexibility index (Phi) is 3.81. The van der Waals surface area contributed by atoms with E-state index >= 15 is 0 Å². The maximum absolute atomic E-state index is 13.4. The van der Waals surface area contributed by atoms with Crippen molar-refractivity contribution in [1.29, 1.82) is 0 Å². The van der Waals surface area contributed by atoms with Crippen LogP contribution < -0.4 is 9.62 Å². The molecule has 2 heterocycles. The highest BCUT2D eigenvalue weighted by atomic mass is 32.2. The van der Waals surface area contributed by atoms with E-state index in [9.17, 15) is 13.5 Å². The Morgan fingerprint density at radius 3 is 2.80 bits per heavy atom. The minimum absolute atomic E-state index is 0.332. The van der Waals surface area contributed by atoms with Crippen molar-refractivity contribution in [2.24, 2.45) is 0 Å². The highest BCUT2D eigenvalue weighted by Gasteiger charge is 2.34. The average Bonchev–Trinajstić information content (AvgIpc) is 3.06. The third-order valence-corrected chi connectivity index (χ3v) is 6.73. The van der Waals surface area contributed by atoms with Crippen molar-refractivity contribution in [3.05, 3.63) is 64.9 Å². The van der Waals surface area contributed by atoms with E-state index in [-0.39, 0.29) is 0 Å². The second-order valence-electron chi connectivity index (χ2n) is 6.39. The number of nitrogens with one attached hydrogen (secondary N) is 1. The van der Waals surface area contributed by atoms with Crippen LogP contribution in [-0.2, 0) is 23.0 Å². The number of hydrogen-bond donors (Lipinski definition) is 2. The summed E-state index contributed by atoms with van der Waals surface area (Å²) < 4.78 is 28.2. The van der Waals surface area contributed by atoms with E-state index in [1.165, 1.54) is 4.31 Å². The van der Waals surface area contributed by atoms with Gasteiger partial charge in [-0.25, -0.2) is 8.42 Å². The molecule has 1 atom stereocenters.